The summed E-state index contributed by atoms with van der Waals surface area (Å²) in [4.78, 5) is 33.9. The monoisotopic (exact) mass is 381 g/mol. The summed E-state index contributed by atoms with van der Waals surface area (Å²) < 4.78 is 0. The van der Waals surface area contributed by atoms with Crippen LogP contribution in [0.4, 0.5) is 0 Å². The Labute approximate surface area is 165 Å². The van der Waals surface area contributed by atoms with Crippen LogP contribution >= 0.6 is 0 Å². The van der Waals surface area contributed by atoms with Gasteiger partial charge < -0.3 is 11.1 Å². The van der Waals surface area contributed by atoms with Crippen molar-refractivity contribution in [2.24, 2.45) is 11.7 Å². The smallest absolute Gasteiger partial charge is 0.271 e. The molecule has 2 amide bonds. The van der Waals surface area contributed by atoms with Crippen molar-refractivity contribution in [1.29, 1.82) is 0 Å². The van der Waals surface area contributed by atoms with Crippen LogP contribution in [0.3, 0.4) is 0 Å². The maximum absolute atomic E-state index is 12.5. The Morgan fingerprint density at radius 2 is 1.75 bits per heavy atom. The van der Waals surface area contributed by atoms with E-state index in [1.54, 1.807) is 0 Å². The zero-order chi connectivity index (χ0) is 20.1. The molecule has 7 heteroatoms. The number of nitrogens with one attached hydrogen (secondary N) is 1. The average Bonchev–Trinajstić information content (AvgIpc) is 2.70. The molecule has 0 aliphatic carbocycles. The first-order chi connectivity index (χ1) is 13.4. The summed E-state index contributed by atoms with van der Waals surface area (Å²) >= 11 is 0. The van der Waals surface area contributed by atoms with Crippen molar-refractivity contribution in [3.8, 4) is 0 Å². The highest BCUT2D eigenvalue weighted by atomic mass is 16.2. The molecule has 1 aliphatic heterocycles. The van der Waals surface area contributed by atoms with E-state index in [4.69, 9.17) is 5.73 Å². The molecule has 1 unspecified atom stereocenters. The molecule has 0 radical (unpaired) electrons. The van der Waals surface area contributed by atoms with Crippen LogP contribution in [-0.2, 0) is 0 Å². The lowest BCUT2D eigenvalue weighted by molar-refractivity contribution is 0.0905. The fourth-order valence-corrected chi connectivity index (χ4v) is 3.44. The third-order valence-corrected chi connectivity index (χ3v) is 5.31. The molecule has 1 fully saturated rings. The molecule has 28 heavy (non-hydrogen) atoms. The first kappa shape index (κ1) is 19.9. The minimum absolute atomic E-state index is 0.0384. The maximum Gasteiger partial charge on any atom is 0.271 e. The molecule has 0 saturated carbocycles. The molecule has 1 saturated heterocycles. The Balaban J connectivity index is 1.70. The summed E-state index contributed by atoms with van der Waals surface area (Å²) in [5.74, 6) is -0.243. The predicted molar refractivity (Wildman–Crippen MR) is 107 cm³/mol. The molecule has 0 spiro atoms. The molecular weight excluding hydrogens is 354 g/mol. The van der Waals surface area contributed by atoms with Gasteiger partial charge in [-0.3, -0.25) is 14.5 Å². The van der Waals surface area contributed by atoms with Crippen LogP contribution in [0.5, 0.6) is 0 Å². The highest BCUT2D eigenvalue weighted by Gasteiger charge is 2.25. The third-order valence-electron chi connectivity index (χ3n) is 5.31. The summed E-state index contributed by atoms with van der Waals surface area (Å²) in [6.45, 7) is 6.87. The Kier molecular flexibility index (Phi) is 6.36. The van der Waals surface area contributed by atoms with Gasteiger partial charge in [-0.05, 0) is 44.3 Å². The van der Waals surface area contributed by atoms with E-state index in [2.05, 4.69) is 58.3 Å². The average molecular weight is 381 g/mol. The fraction of sp³-hybridized carbons (Fsp3) is 0.429. The van der Waals surface area contributed by atoms with Gasteiger partial charge in [-0.2, -0.15) is 0 Å². The molecule has 1 aliphatic rings. The van der Waals surface area contributed by atoms with Crippen LogP contribution in [0, 0.1) is 12.8 Å². The lowest BCUT2D eigenvalue weighted by Crippen LogP contribution is -2.42. The number of aryl methyl sites for hydroxylation is 1. The van der Waals surface area contributed by atoms with Crippen molar-refractivity contribution in [3.05, 3.63) is 59.2 Å². The van der Waals surface area contributed by atoms with Crippen molar-refractivity contribution < 1.29 is 9.59 Å². The molecular formula is C21H27N5O2. The van der Waals surface area contributed by atoms with Crippen molar-refractivity contribution in [3.63, 3.8) is 0 Å². The number of likely N-dealkylation sites (tertiary alicyclic amines) is 1. The second kappa shape index (κ2) is 8.93. The number of hydrogen-bond acceptors (Lipinski definition) is 5. The van der Waals surface area contributed by atoms with Gasteiger partial charge in [0, 0.05) is 6.54 Å². The van der Waals surface area contributed by atoms with Gasteiger partial charge in [0.1, 0.15) is 11.4 Å². The van der Waals surface area contributed by atoms with Gasteiger partial charge in [-0.1, -0.05) is 36.8 Å². The van der Waals surface area contributed by atoms with Crippen molar-refractivity contribution in [2.75, 3.05) is 19.6 Å². The van der Waals surface area contributed by atoms with Crippen molar-refractivity contribution >= 4 is 11.8 Å². The number of amides is 2. The number of piperidine rings is 1. The molecule has 148 valence electrons. The Hall–Kier alpha value is -2.80. The highest BCUT2D eigenvalue weighted by molar-refractivity contribution is 5.93. The van der Waals surface area contributed by atoms with E-state index in [9.17, 15) is 9.59 Å². The molecule has 1 atom stereocenters. The van der Waals surface area contributed by atoms with Crippen LogP contribution in [0.1, 0.15) is 57.9 Å². The first-order valence-electron chi connectivity index (χ1n) is 9.64. The lowest BCUT2D eigenvalue weighted by atomic mass is 9.95. The molecule has 2 heterocycles. The van der Waals surface area contributed by atoms with Gasteiger partial charge in [0.15, 0.2) is 0 Å². The van der Waals surface area contributed by atoms with Crippen LogP contribution in [0.15, 0.2) is 36.7 Å². The zero-order valence-electron chi connectivity index (χ0n) is 16.4. The van der Waals surface area contributed by atoms with Gasteiger partial charge in [0.2, 0.25) is 0 Å². The zero-order valence-corrected chi connectivity index (χ0v) is 16.4. The van der Waals surface area contributed by atoms with Gasteiger partial charge in [0.25, 0.3) is 11.8 Å². The van der Waals surface area contributed by atoms with Gasteiger partial charge in [-0.25, -0.2) is 9.97 Å². The molecule has 1 aromatic carbocycles. The first-order valence-corrected chi connectivity index (χ1v) is 9.64. The van der Waals surface area contributed by atoms with Crippen LogP contribution < -0.4 is 11.1 Å². The summed E-state index contributed by atoms with van der Waals surface area (Å²) in [6, 6.07) is 8.57. The van der Waals surface area contributed by atoms with Crippen LogP contribution in [0.25, 0.3) is 0 Å². The SMILES string of the molecule is Cc1ccc(C(CNC(=O)c2cnc(C(N)=O)cn2)N2CCC(C)CC2)cc1. The Bertz CT molecular complexity index is 812. The third kappa shape index (κ3) is 4.92. The normalized spacial score (nSPS) is 16.5. The van der Waals surface area contributed by atoms with E-state index in [-0.39, 0.29) is 23.3 Å². The van der Waals surface area contributed by atoms with Gasteiger partial charge >= 0.3 is 0 Å². The Morgan fingerprint density at radius 3 is 2.32 bits per heavy atom. The lowest BCUT2D eigenvalue weighted by Gasteiger charge is -2.37. The van der Waals surface area contributed by atoms with E-state index in [0.29, 0.717) is 6.54 Å². The van der Waals surface area contributed by atoms with E-state index in [1.165, 1.54) is 23.5 Å². The molecule has 0 bridgehead atoms. The fourth-order valence-electron chi connectivity index (χ4n) is 3.44. The van der Waals surface area contributed by atoms with E-state index < -0.39 is 5.91 Å². The van der Waals surface area contributed by atoms with E-state index >= 15 is 0 Å². The quantitative estimate of drug-likeness (QED) is 0.798. The van der Waals surface area contributed by atoms with Gasteiger partial charge in [0.05, 0.1) is 18.4 Å². The van der Waals surface area contributed by atoms with E-state index in [0.717, 1.165) is 31.8 Å². The second-order valence-corrected chi connectivity index (χ2v) is 7.51. The van der Waals surface area contributed by atoms with Crippen molar-refractivity contribution in [1.82, 2.24) is 20.2 Å². The number of carbonyl (C=O) groups excluding carboxylic acids is 2. The summed E-state index contributed by atoms with van der Waals surface area (Å²) in [6.07, 6.45) is 4.83. The second-order valence-electron chi connectivity index (χ2n) is 7.51. The summed E-state index contributed by atoms with van der Waals surface area (Å²) in [5, 5.41) is 2.97. The number of benzene rings is 1. The number of nitrogens with two attached hydrogens (primary N) is 1. The Morgan fingerprint density at radius 1 is 1.14 bits per heavy atom. The predicted octanol–water partition coefficient (Wildman–Crippen LogP) is 2.09. The molecule has 3 rings (SSSR count). The standard InChI is InChI=1S/C21H27N5O2/c1-14-3-5-16(6-4-14)19(26-9-7-15(2)8-10-26)13-25-21(28)18-12-23-17(11-24-18)20(22)27/h3-6,11-12,15,19H,7-10,13H2,1-2H3,(H2,22,27)(H,25,28). The summed E-state index contributed by atoms with van der Waals surface area (Å²) in [5.41, 5.74) is 7.77. The molecule has 7 nitrogen and oxygen atoms in total. The topological polar surface area (TPSA) is 101 Å². The molecule has 3 N–H and O–H groups in total. The van der Waals surface area contributed by atoms with Crippen LogP contribution in [0.2, 0.25) is 0 Å². The number of nitrogens with zero attached hydrogens (tertiary/aromatic N) is 3. The molecule has 2 aromatic rings. The highest BCUT2D eigenvalue weighted by Crippen LogP contribution is 2.26. The van der Waals surface area contributed by atoms with Crippen molar-refractivity contribution in [2.45, 2.75) is 32.7 Å². The number of primary amides is 1. The van der Waals surface area contributed by atoms with E-state index in [1.807, 2.05) is 0 Å². The summed E-state index contributed by atoms with van der Waals surface area (Å²) in [7, 11) is 0. The maximum atomic E-state index is 12.5. The van der Waals surface area contributed by atoms with Crippen LogP contribution in [-0.4, -0.2) is 46.3 Å². The number of carbonyl (C=O) groups is 2. The largest absolute Gasteiger partial charge is 0.364 e. The van der Waals surface area contributed by atoms with Gasteiger partial charge in [-0.15, -0.1) is 0 Å². The number of aromatic nitrogens is 2. The number of rotatable bonds is 6. The number of hydrogen-bond donors (Lipinski definition) is 2. The molecule has 1 aromatic heterocycles. The minimum Gasteiger partial charge on any atom is -0.364 e. The minimum atomic E-state index is -0.668.